The average Bonchev–Trinajstić information content (AvgIpc) is 2.37. The highest BCUT2D eigenvalue weighted by molar-refractivity contribution is 5.21. The summed E-state index contributed by atoms with van der Waals surface area (Å²) in [6, 6.07) is 4.76. The zero-order valence-electron chi connectivity index (χ0n) is 11.2. The van der Waals surface area contributed by atoms with Crippen molar-refractivity contribution in [3.05, 3.63) is 35.6 Å². The molecule has 1 aromatic carbocycles. The summed E-state index contributed by atoms with van der Waals surface area (Å²) in [5.74, 6) is -5.52. The first-order valence-electron chi connectivity index (χ1n) is 6.19. The van der Waals surface area contributed by atoms with Crippen LogP contribution in [0.4, 0.5) is 26.3 Å². The highest BCUT2D eigenvalue weighted by atomic mass is 19.4. The Balaban J connectivity index is 2.67. The molecule has 0 bridgehead atoms. The van der Waals surface area contributed by atoms with E-state index in [9.17, 15) is 26.3 Å². The molecule has 120 valence electrons. The van der Waals surface area contributed by atoms with Gasteiger partial charge in [0.05, 0.1) is 12.6 Å². The van der Waals surface area contributed by atoms with Crippen LogP contribution in [0.3, 0.4) is 0 Å². The molecule has 0 aliphatic carbocycles. The van der Waals surface area contributed by atoms with Crippen molar-refractivity contribution in [3.63, 3.8) is 0 Å². The van der Waals surface area contributed by atoms with E-state index in [1.165, 1.54) is 24.3 Å². The lowest BCUT2D eigenvalue weighted by atomic mass is 10.1. The van der Waals surface area contributed by atoms with Crippen molar-refractivity contribution in [1.82, 2.24) is 5.32 Å². The normalized spacial score (nSPS) is 14.2. The quantitative estimate of drug-likeness (QED) is 0.775. The van der Waals surface area contributed by atoms with Crippen molar-refractivity contribution in [2.45, 2.75) is 25.1 Å². The number of benzene rings is 1. The lowest BCUT2D eigenvalue weighted by molar-refractivity contribution is -0.297. The molecule has 1 unspecified atom stereocenters. The topological polar surface area (TPSA) is 21.3 Å². The van der Waals surface area contributed by atoms with Crippen LogP contribution in [0.25, 0.3) is 0 Å². The Kier molecular flexibility index (Phi) is 6.03. The van der Waals surface area contributed by atoms with Crippen LogP contribution in [0, 0.1) is 5.82 Å². The van der Waals surface area contributed by atoms with Gasteiger partial charge in [-0.3, -0.25) is 0 Å². The fraction of sp³-hybridized carbons (Fsp3) is 0.538. The van der Waals surface area contributed by atoms with E-state index < -0.39 is 37.2 Å². The van der Waals surface area contributed by atoms with Gasteiger partial charge in [-0.25, -0.2) is 4.39 Å². The van der Waals surface area contributed by atoms with E-state index in [1.807, 2.05) is 0 Å². The zero-order chi connectivity index (χ0) is 16.1. The number of halogens is 6. The minimum Gasteiger partial charge on any atom is -0.373 e. The molecule has 0 heterocycles. The smallest absolute Gasteiger partial charge is 0.373 e. The van der Waals surface area contributed by atoms with E-state index in [-0.39, 0.29) is 5.56 Å². The molecule has 1 rings (SSSR count). The number of ether oxygens (including phenoxy) is 1. The Bertz CT molecular complexity index is 449. The number of hydrogen-bond donors (Lipinski definition) is 1. The van der Waals surface area contributed by atoms with Gasteiger partial charge in [0.2, 0.25) is 0 Å². The minimum absolute atomic E-state index is 0.148. The van der Waals surface area contributed by atoms with E-state index in [0.29, 0.717) is 6.54 Å². The summed E-state index contributed by atoms with van der Waals surface area (Å²) < 4.78 is 79.4. The van der Waals surface area contributed by atoms with Crippen LogP contribution in [0.2, 0.25) is 0 Å². The van der Waals surface area contributed by atoms with Crippen LogP contribution in [-0.2, 0) is 4.74 Å². The van der Waals surface area contributed by atoms with E-state index in [2.05, 4.69) is 10.1 Å². The standard InChI is InChI=1S/C13H15F6NO/c1-2-20-11(9-5-3-4-6-10(9)14)7-21-8-12(15,16)13(17,18)19/h3-6,11,20H,2,7-8H2,1H3. The molecule has 0 saturated carbocycles. The van der Waals surface area contributed by atoms with Gasteiger partial charge < -0.3 is 10.1 Å². The molecule has 0 amide bonds. The van der Waals surface area contributed by atoms with Crippen LogP contribution in [0.1, 0.15) is 18.5 Å². The van der Waals surface area contributed by atoms with E-state index in [0.717, 1.165) is 0 Å². The Labute approximate surface area is 118 Å². The van der Waals surface area contributed by atoms with Crippen molar-refractivity contribution in [2.75, 3.05) is 19.8 Å². The summed E-state index contributed by atoms with van der Waals surface area (Å²) in [4.78, 5) is 0. The predicted molar refractivity (Wildman–Crippen MR) is 64.6 cm³/mol. The van der Waals surface area contributed by atoms with Crippen molar-refractivity contribution < 1.29 is 31.1 Å². The maximum Gasteiger partial charge on any atom is 0.455 e. The van der Waals surface area contributed by atoms with Crippen LogP contribution in [0.15, 0.2) is 24.3 Å². The fourth-order valence-electron chi connectivity index (χ4n) is 1.65. The second-order valence-corrected chi connectivity index (χ2v) is 4.35. The average molecular weight is 315 g/mol. The molecule has 1 aromatic rings. The molecule has 2 nitrogen and oxygen atoms in total. The summed E-state index contributed by atoms with van der Waals surface area (Å²) >= 11 is 0. The number of likely N-dealkylation sites (N-methyl/N-ethyl adjacent to an activating group) is 1. The number of nitrogens with one attached hydrogen (secondary N) is 1. The molecular weight excluding hydrogens is 300 g/mol. The predicted octanol–water partition coefficient (Wildman–Crippen LogP) is 3.69. The summed E-state index contributed by atoms with van der Waals surface area (Å²) in [6.07, 6.45) is -5.67. The Morgan fingerprint density at radius 3 is 2.29 bits per heavy atom. The lowest BCUT2D eigenvalue weighted by Gasteiger charge is -2.22. The Morgan fingerprint density at radius 1 is 1.14 bits per heavy atom. The number of alkyl halides is 5. The third-order valence-corrected chi connectivity index (χ3v) is 2.71. The van der Waals surface area contributed by atoms with Crippen molar-refractivity contribution >= 4 is 0 Å². The molecule has 8 heteroatoms. The molecule has 21 heavy (non-hydrogen) atoms. The maximum atomic E-state index is 13.6. The number of hydrogen-bond acceptors (Lipinski definition) is 2. The minimum atomic E-state index is -5.67. The molecule has 0 saturated heterocycles. The Morgan fingerprint density at radius 2 is 1.76 bits per heavy atom. The van der Waals surface area contributed by atoms with Gasteiger partial charge in [-0.2, -0.15) is 22.0 Å². The number of rotatable bonds is 7. The molecule has 0 aromatic heterocycles. The highest BCUT2D eigenvalue weighted by Crippen LogP contribution is 2.35. The first kappa shape index (κ1) is 17.8. The van der Waals surface area contributed by atoms with Crippen LogP contribution in [-0.4, -0.2) is 31.9 Å². The van der Waals surface area contributed by atoms with Gasteiger partial charge in [-0.05, 0) is 12.6 Å². The van der Waals surface area contributed by atoms with Crippen molar-refractivity contribution in [3.8, 4) is 0 Å². The van der Waals surface area contributed by atoms with Gasteiger partial charge in [-0.15, -0.1) is 0 Å². The third-order valence-electron chi connectivity index (χ3n) is 2.71. The fourth-order valence-corrected chi connectivity index (χ4v) is 1.65. The van der Waals surface area contributed by atoms with Crippen molar-refractivity contribution in [1.29, 1.82) is 0 Å². The van der Waals surface area contributed by atoms with Gasteiger partial charge in [-0.1, -0.05) is 25.1 Å². The van der Waals surface area contributed by atoms with Crippen LogP contribution < -0.4 is 5.32 Å². The maximum absolute atomic E-state index is 13.6. The molecule has 0 fully saturated rings. The van der Waals surface area contributed by atoms with E-state index >= 15 is 0 Å². The second-order valence-electron chi connectivity index (χ2n) is 4.35. The monoisotopic (exact) mass is 315 g/mol. The van der Waals surface area contributed by atoms with E-state index in [4.69, 9.17) is 0 Å². The Hall–Kier alpha value is -1.28. The lowest BCUT2D eigenvalue weighted by Crippen LogP contribution is -2.41. The first-order valence-corrected chi connectivity index (χ1v) is 6.19. The molecule has 1 N–H and O–H groups in total. The van der Waals surface area contributed by atoms with Gasteiger partial charge in [0.15, 0.2) is 0 Å². The third kappa shape index (κ3) is 4.89. The van der Waals surface area contributed by atoms with E-state index in [1.54, 1.807) is 6.92 Å². The van der Waals surface area contributed by atoms with Crippen LogP contribution >= 0.6 is 0 Å². The molecule has 0 spiro atoms. The second kappa shape index (κ2) is 7.13. The molecule has 0 aliphatic rings. The molecule has 0 radical (unpaired) electrons. The summed E-state index contributed by atoms with van der Waals surface area (Å²) in [5.41, 5.74) is 0.148. The van der Waals surface area contributed by atoms with Crippen LogP contribution in [0.5, 0.6) is 0 Å². The highest BCUT2D eigenvalue weighted by Gasteiger charge is 2.57. The van der Waals surface area contributed by atoms with Gasteiger partial charge >= 0.3 is 12.1 Å². The largest absolute Gasteiger partial charge is 0.455 e. The summed E-state index contributed by atoms with van der Waals surface area (Å²) in [5, 5.41) is 2.77. The van der Waals surface area contributed by atoms with Crippen molar-refractivity contribution in [2.24, 2.45) is 0 Å². The van der Waals surface area contributed by atoms with Gasteiger partial charge in [0.25, 0.3) is 0 Å². The summed E-state index contributed by atoms with van der Waals surface area (Å²) in [7, 11) is 0. The first-order chi connectivity index (χ1) is 9.69. The molecule has 1 atom stereocenters. The zero-order valence-corrected chi connectivity index (χ0v) is 11.2. The van der Waals surface area contributed by atoms with Gasteiger partial charge in [0.1, 0.15) is 12.4 Å². The SMILES string of the molecule is CCNC(COCC(F)(F)C(F)(F)F)c1ccccc1F. The molecular formula is C13H15F6NO. The summed E-state index contributed by atoms with van der Waals surface area (Å²) in [6.45, 7) is -0.233. The molecule has 0 aliphatic heterocycles. The van der Waals surface area contributed by atoms with Gasteiger partial charge in [0, 0.05) is 5.56 Å².